The van der Waals surface area contributed by atoms with Crippen molar-refractivity contribution in [2.24, 2.45) is 0 Å². The van der Waals surface area contributed by atoms with E-state index in [0.717, 1.165) is 64.2 Å². The molecule has 2 rings (SSSR count). The van der Waals surface area contributed by atoms with Crippen LogP contribution in [0.15, 0.2) is 40.9 Å². The van der Waals surface area contributed by atoms with Gasteiger partial charge in [0.2, 0.25) is 0 Å². The predicted octanol–water partition coefficient (Wildman–Crippen LogP) is 12.5. The number of aryl methyl sites for hydroxylation is 2. The smallest absolute Gasteiger partial charge is 0.306 e. The number of carbonyl (C=O) groups excluding carboxylic acids is 2. The van der Waals surface area contributed by atoms with Gasteiger partial charge in [0, 0.05) is 25.7 Å². The lowest BCUT2D eigenvalue weighted by atomic mass is 10.0. The highest BCUT2D eigenvalue weighted by Gasteiger charge is 2.36. The summed E-state index contributed by atoms with van der Waals surface area (Å²) >= 11 is 0. The Morgan fingerprint density at radius 3 is 1.84 bits per heavy atom. The Bertz CT molecular complexity index is 1530. The number of phosphoric acid groups is 1. The molecule has 0 spiro atoms. The summed E-state index contributed by atoms with van der Waals surface area (Å²) in [4.78, 5) is 37.9. The molecule has 0 bridgehead atoms. The van der Waals surface area contributed by atoms with Crippen LogP contribution < -0.4 is 4.89 Å². The van der Waals surface area contributed by atoms with Gasteiger partial charge in [0.15, 0.2) is 6.10 Å². The number of carbonyl (C=O) groups is 2. The summed E-state index contributed by atoms with van der Waals surface area (Å²) in [6.07, 6.45) is 38.6. The van der Waals surface area contributed by atoms with Crippen LogP contribution >= 0.6 is 7.82 Å². The Kier molecular flexibility index (Phi) is 31.3. The van der Waals surface area contributed by atoms with Crippen LogP contribution in [0, 0.1) is 13.8 Å². The van der Waals surface area contributed by atoms with E-state index in [1.54, 1.807) is 0 Å². The molecule has 0 radical (unpaired) electrons. The van der Waals surface area contributed by atoms with Crippen LogP contribution in [0.3, 0.4) is 0 Å². The number of hydrogen-bond acceptors (Lipinski definition) is 10. The van der Waals surface area contributed by atoms with Crippen LogP contribution in [0.4, 0.5) is 0 Å². The quantitative estimate of drug-likeness (QED) is 0.0156. The van der Waals surface area contributed by atoms with Gasteiger partial charge in [-0.1, -0.05) is 127 Å². The van der Waals surface area contributed by atoms with Crippen molar-refractivity contribution in [1.82, 2.24) is 0 Å². The molecular formula is C52H90NO10P. The first-order valence-corrected chi connectivity index (χ1v) is 26.6. The van der Waals surface area contributed by atoms with Crippen LogP contribution in [0.5, 0.6) is 0 Å². The lowest BCUT2D eigenvalue weighted by molar-refractivity contribution is -0.870. The maximum absolute atomic E-state index is 12.8. The predicted molar refractivity (Wildman–Crippen MR) is 257 cm³/mol. The molecule has 0 N–H and O–H groups in total. The van der Waals surface area contributed by atoms with Crippen molar-refractivity contribution in [3.63, 3.8) is 0 Å². The minimum absolute atomic E-state index is 0.0493. The maximum atomic E-state index is 12.8. The van der Waals surface area contributed by atoms with E-state index in [9.17, 15) is 19.0 Å². The maximum Gasteiger partial charge on any atom is 0.306 e. The molecule has 12 heteroatoms. The first-order chi connectivity index (χ1) is 30.7. The molecule has 1 aromatic rings. The third kappa shape index (κ3) is 29.9. The summed E-state index contributed by atoms with van der Waals surface area (Å²) in [6.45, 7) is 8.46. The Hall–Kier alpha value is -2.53. The molecule has 3 unspecified atom stereocenters. The van der Waals surface area contributed by atoms with Crippen molar-refractivity contribution in [1.29, 1.82) is 0 Å². The van der Waals surface area contributed by atoms with Gasteiger partial charge in [-0.3, -0.25) is 14.2 Å². The number of furan rings is 1. The molecule has 1 saturated heterocycles. The van der Waals surface area contributed by atoms with E-state index in [4.69, 9.17) is 27.7 Å². The molecule has 0 aliphatic carbocycles. The molecule has 1 aliphatic heterocycles. The van der Waals surface area contributed by atoms with Gasteiger partial charge in [0.1, 0.15) is 31.3 Å². The van der Waals surface area contributed by atoms with Crippen LogP contribution in [0.25, 0.3) is 0 Å². The van der Waals surface area contributed by atoms with Gasteiger partial charge in [-0.05, 0) is 89.2 Å². The average molecular weight is 920 g/mol. The second-order valence-electron chi connectivity index (χ2n) is 18.8. The van der Waals surface area contributed by atoms with Gasteiger partial charge in [-0.25, -0.2) is 0 Å². The number of esters is 2. The SMILES string of the molecule is CCCCC/C=C\C/C=C\C/C=C\CC1OC1CCCC(=O)OC[C@H](COP(=O)([O-])OCC[N+](C)(C)C)OC(=O)CCCCCCCCCCCCc1oc(CCCCC)c(C)c1C. The topological polar surface area (TPSA) is 137 Å². The highest BCUT2D eigenvalue weighted by atomic mass is 31.2. The van der Waals surface area contributed by atoms with Gasteiger partial charge in [-0.15, -0.1) is 0 Å². The summed E-state index contributed by atoms with van der Waals surface area (Å²) < 4.78 is 46.1. The highest BCUT2D eigenvalue weighted by Crippen LogP contribution is 2.38. The fraction of sp³-hybridized carbons (Fsp3) is 0.769. The first kappa shape index (κ1) is 57.6. The van der Waals surface area contributed by atoms with E-state index < -0.39 is 32.5 Å². The largest absolute Gasteiger partial charge is 0.756 e. The number of quaternary nitrogens is 1. The number of hydrogen-bond donors (Lipinski definition) is 0. The Morgan fingerprint density at radius 2 is 1.22 bits per heavy atom. The Morgan fingerprint density at radius 1 is 0.672 bits per heavy atom. The Balaban J connectivity index is 1.62. The van der Waals surface area contributed by atoms with Crippen LogP contribution in [-0.4, -0.2) is 82.2 Å². The molecule has 0 aromatic carbocycles. The normalized spacial score (nSPS) is 16.9. The summed E-state index contributed by atoms with van der Waals surface area (Å²) in [5.74, 6) is 1.44. The second-order valence-corrected chi connectivity index (χ2v) is 20.2. The molecule has 2 heterocycles. The van der Waals surface area contributed by atoms with E-state index in [-0.39, 0.29) is 38.3 Å². The number of likely N-dealkylation sites (N-methyl/N-ethyl adjacent to an activating group) is 1. The number of allylic oxidation sites excluding steroid dienone is 5. The number of nitrogens with zero attached hydrogens (tertiary/aromatic N) is 1. The average Bonchev–Trinajstić information content (AvgIpc) is 3.94. The fourth-order valence-corrected chi connectivity index (χ4v) is 8.18. The number of rotatable bonds is 41. The second kappa shape index (κ2) is 34.7. The molecule has 368 valence electrons. The third-order valence-corrected chi connectivity index (χ3v) is 12.8. The molecule has 64 heavy (non-hydrogen) atoms. The third-order valence-electron chi connectivity index (χ3n) is 11.8. The van der Waals surface area contributed by atoms with E-state index >= 15 is 0 Å². The monoisotopic (exact) mass is 920 g/mol. The van der Waals surface area contributed by atoms with E-state index in [0.29, 0.717) is 23.9 Å². The summed E-state index contributed by atoms with van der Waals surface area (Å²) in [6, 6.07) is 0. The van der Waals surface area contributed by atoms with Gasteiger partial charge in [0.05, 0.1) is 40.0 Å². The van der Waals surface area contributed by atoms with Crippen molar-refractivity contribution in [3.8, 4) is 0 Å². The van der Waals surface area contributed by atoms with Crippen LogP contribution in [-0.2, 0) is 50.3 Å². The van der Waals surface area contributed by atoms with Gasteiger partial charge in [0.25, 0.3) is 7.82 Å². The Labute approximate surface area is 389 Å². The number of epoxide rings is 1. The highest BCUT2D eigenvalue weighted by molar-refractivity contribution is 7.45. The van der Waals surface area contributed by atoms with Gasteiger partial charge >= 0.3 is 11.9 Å². The lowest BCUT2D eigenvalue weighted by Gasteiger charge is -2.28. The first-order valence-electron chi connectivity index (χ1n) is 25.2. The standard InChI is InChI=1S/C52H90NO10P/c1-8-10-12-13-14-15-16-17-21-24-27-31-36-49-50(63-49)37-33-39-51(54)58-42-46(43-60-64(56,57)59-41-40-53(5,6)7)61-52(55)38-32-28-25-22-19-18-20-23-26-30-35-48-45(4)44(3)47(62-48)34-29-11-9-2/h14-15,17,21,27,31,46,49-50H,8-13,16,18-20,22-26,28-30,32-43H2,1-7H3/b15-14-,21-17-,31-27-/t46-,49?,50?/m1/s1. The number of ether oxygens (including phenoxy) is 3. The summed E-state index contributed by atoms with van der Waals surface area (Å²) in [7, 11) is 1.11. The number of unbranched alkanes of at least 4 members (excludes halogenated alkanes) is 14. The molecule has 1 fully saturated rings. The molecule has 0 amide bonds. The van der Waals surface area contributed by atoms with Crippen molar-refractivity contribution < 1.29 is 51.2 Å². The molecule has 1 aliphatic rings. The van der Waals surface area contributed by atoms with Crippen LogP contribution in [0.1, 0.15) is 191 Å². The van der Waals surface area contributed by atoms with E-state index in [1.807, 2.05) is 21.1 Å². The number of phosphoric ester groups is 1. The van der Waals surface area contributed by atoms with Crippen molar-refractivity contribution >= 4 is 19.8 Å². The zero-order valence-electron chi connectivity index (χ0n) is 41.4. The van der Waals surface area contributed by atoms with Gasteiger partial charge < -0.3 is 37.1 Å². The van der Waals surface area contributed by atoms with Crippen LogP contribution in [0.2, 0.25) is 0 Å². The molecular weight excluding hydrogens is 830 g/mol. The van der Waals surface area contributed by atoms with E-state index in [1.165, 1.54) is 99.7 Å². The molecule has 11 nitrogen and oxygen atoms in total. The van der Waals surface area contributed by atoms with E-state index in [2.05, 4.69) is 64.2 Å². The summed E-state index contributed by atoms with van der Waals surface area (Å²) in [5, 5.41) is 0. The van der Waals surface area contributed by atoms with Gasteiger partial charge in [-0.2, -0.15) is 0 Å². The minimum atomic E-state index is -4.66. The lowest BCUT2D eigenvalue weighted by Crippen LogP contribution is -2.37. The molecule has 4 atom stereocenters. The van der Waals surface area contributed by atoms with Crippen molar-refractivity contribution in [2.75, 3.05) is 47.5 Å². The zero-order valence-corrected chi connectivity index (χ0v) is 42.3. The van der Waals surface area contributed by atoms with Crippen molar-refractivity contribution in [2.45, 2.75) is 213 Å². The molecule has 1 aromatic heterocycles. The summed E-state index contributed by atoms with van der Waals surface area (Å²) in [5.41, 5.74) is 2.68. The fourth-order valence-electron chi connectivity index (χ4n) is 7.45. The van der Waals surface area contributed by atoms with Crippen molar-refractivity contribution in [3.05, 3.63) is 59.1 Å². The zero-order chi connectivity index (χ0) is 46.9. The molecule has 0 saturated carbocycles. The minimum Gasteiger partial charge on any atom is -0.756 e.